The van der Waals surface area contributed by atoms with Crippen molar-refractivity contribution in [2.45, 2.75) is 11.4 Å². The molecule has 0 unspecified atom stereocenters. The number of aromatic nitrogens is 2. The zero-order chi connectivity index (χ0) is 20.4. The lowest BCUT2D eigenvalue weighted by Gasteiger charge is -2.14. The topological polar surface area (TPSA) is 118 Å². The van der Waals surface area contributed by atoms with E-state index in [9.17, 15) is 22.8 Å². The van der Waals surface area contributed by atoms with Crippen molar-refractivity contribution in [3.05, 3.63) is 50.4 Å². The third-order valence-electron chi connectivity index (χ3n) is 3.42. The molecule has 0 saturated carbocycles. The van der Waals surface area contributed by atoms with Crippen LogP contribution < -0.4 is 10.9 Å². The molecule has 12 heteroatoms. The van der Waals surface area contributed by atoms with Crippen molar-refractivity contribution in [2.75, 3.05) is 19.4 Å². The number of benzene rings is 1. The average molecular weight is 433 g/mol. The Morgan fingerprint density at radius 1 is 1.33 bits per heavy atom. The monoisotopic (exact) mass is 432 g/mol. The quantitative estimate of drug-likeness (QED) is 0.686. The fourth-order valence-electron chi connectivity index (χ4n) is 2.02. The van der Waals surface area contributed by atoms with Crippen LogP contribution >= 0.6 is 23.2 Å². The van der Waals surface area contributed by atoms with Gasteiger partial charge in [0.15, 0.2) is 6.29 Å². The van der Waals surface area contributed by atoms with Gasteiger partial charge in [-0.25, -0.2) is 17.4 Å². The SMILES string of the molecule is CN(C)S(=O)(=O)c1cc(NC(=O)Cn2ncc(Cl)c(Cl)c2=O)ccc1C=O. The summed E-state index contributed by atoms with van der Waals surface area (Å²) in [4.78, 5) is 34.9. The summed E-state index contributed by atoms with van der Waals surface area (Å²) in [6.07, 6.45) is 1.53. The molecule has 0 aliphatic heterocycles. The summed E-state index contributed by atoms with van der Waals surface area (Å²) in [5.41, 5.74) is -0.672. The van der Waals surface area contributed by atoms with E-state index in [4.69, 9.17) is 23.2 Å². The molecule has 27 heavy (non-hydrogen) atoms. The predicted molar refractivity (Wildman–Crippen MR) is 99.8 cm³/mol. The average Bonchev–Trinajstić information content (AvgIpc) is 2.62. The summed E-state index contributed by atoms with van der Waals surface area (Å²) >= 11 is 11.4. The molecular formula is C15H14Cl2N4O5S. The van der Waals surface area contributed by atoms with Gasteiger partial charge < -0.3 is 5.32 Å². The number of nitrogens with one attached hydrogen (secondary N) is 1. The smallest absolute Gasteiger partial charge is 0.287 e. The molecule has 1 N–H and O–H groups in total. The van der Waals surface area contributed by atoms with Gasteiger partial charge in [-0.3, -0.25) is 14.4 Å². The number of aldehydes is 1. The lowest BCUT2D eigenvalue weighted by molar-refractivity contribution is -0.117. The minimum atomic E-state index is -3.90. The van der Waals surface area contributed by atoms with Gasteiger partial charge in [0, 0.05) is 25.3 Å². The normalized spacial score (nSPS) is 11.4. The van der Waals surface area contributed by atoms with Gasteiger partial charge in [0.2, 0.25) is 15.9 Å². The predicted octanol–water partition coefficient (Wildman–Crippen LogP) is 1.25. The van der Waals surface area contributed by atoms with Crippen molar-refractivity contribution in [3.8, 4) is 0 Å². The van der Waals surface area contributed by atoms with Crippen LogP contribution in [0.25, 0.3) is 0 Å². The zero-order valence-corrected chi connectivity index (χ0v) is 16.5. The molecule has 0 atom stereocenters. The summed E-state index contributed by atoms with van der Waals surface area (Å²) in [6.45, 7) is -0.471. The van der Waals surface area contributed by atoms with Crippen LogP contribution in [0.1, 0.15) is 10.4 Å². The molecule has 1 amide bonds. The molecule has 2 rings (SSSR count). The minimum absolute atomic E-state index is 0.0405. The van der Waals surface area contributed by atoms with E-state index in [0.29, 0.717) is 6.29 Å². The summed E-state index contributed by atoms with van der Waals surface area (Å²) in [7, 11) is -1.27. The van der Waals surface area contributed by atoms with Crippen LogP contribution in [0.4, 0.5) is 5.69 Å². The van der Waals surface area contributed by atoms with E-state index in [0.717, 1.165) is 21.3 Å². The lowest BCUT2D eigenvalue weighted by atomic mass is 10.2. The van der Waals surface area contributed by atoms with Crippen molar-refractivity contribution in [2.24, 2.45) is 0 Å². The Hall–Kier alpha value is -2.27. The number of sulfonamides is 1. The molecular weight excluding hydrogens is 419 g/mol. The minimum Gasteiger partial charge on any atom is -0.324 e. The summed E-state index contributed by atoms with van der Waals surface area (Å²) in [5.74, 6) is -0.657. The van der Waals surface area contributed by atoms with Crippen molar-refractivity contribution in [1.82, 2.24) is 14.1 Å². The molecule has 1 aromatic heterocycles. The number of anilines is 1. The molecule has 0 aliphatic carbocycles. The summed E-state index contributed by atoms with van der Waals surface area (Å²) < 4.78 is 26.4. The van der Waals surface area contributed by atoms with E-state index in [1.807, 2.05) is 0 Å². The van der Waals surface area contributed by atoms with Crippen LogP contribution in [0.3, 0.4) is 0 Å². The lowest BCUT2D eigenvalue weighted by Crippen LogP contribution is -2.30. The highest BCUT2D eigenvalue weighted by atomic mass is 35.5. The number of halogens is 2. The maximum absolute atomic E-state index is 12.3. The second-order valence-electron chi connectivity index (χ2n) is 5.48. The van der Waals surface area contributed by atoms with E-state index < -0.39 is 28.0 Å². The first-order valence-electron chi connectivity index (χ1n) is 7.30. The molecule has 1 heterocycles. The number of amides is 1. The van der Waals surface area contributed by atoms with Crippen LogP contribution in [0, 0.1) is 0 Å². The summed E-state index contributed by atoms with van der Waals surface area (Å²) in [6, 6.07) is 3.78. The van der Waals surface area contributed by atoms with Gasteiger partial charge in [0.05, 0.1) is 16.1 Å². The van der Waals surface area contributed by atoms with E-state index in [-0.39, 0.29) is 26.2 Å². The molecule has 0 aliphatic rings. The third kappa shape index (κ3) is 4.53. The molecule has 0 saturated heterocycles. The third-order valence-corrected chi connectivity index (χ3v) is 6.04. The van der Waals surface area contributed by atoms with Gasteiger partial charge in [0.1, 0.15) is 11.6 Å². The fourth-order valence-corrected chi connectivity index (χ4v) is 3.38. The Labute approximate surface area is 164 Å². The standard InChI is InChI=1S/C15H14Cl2N4O5S/c1-20(2)27(25,26)12-5-10(4-3-9(12)8-22)19-13(23)7-21-15(24)14(17)11(16)6-18-21/h3-6,8H,7H2,1-2H3,(H,19,23). The highest BCUT2D eigenvalue weighted by Gasteiger charge is 2.22. The number of carbonyl (C=O) groups is 2. The number of nitrogens with zero attached hydrogens (tertiary/aromatic N) is 3. The van der Waals surface area contributed by atoms with Gasteiger partial charge in [-0.05, 0) is 18.2 Å². The Kier molecular flexibility index (Phi) is 6.37. The number of carbonyl (C=O) groups excluding carboxylic acids is 2. The van der Waals surface area contributed by atoms with Crippen LogP contribution in [-0.4, -0.2) is 48.8 Å². The van der Waals surface area contributed by atoms with Gasteiger partial charge in [-0.1, -0.05) is 23.2 Å². The molecule has 0 bridgehead atoms. The molecule has 9 nitrogen and oxygen atoms in total. The fraction of sp³-hybridized carbons (Fsp3) is 0.200. The van der Waals surface area contributed by atoms with Crippen molar-refractivity contribution < 1.29 is 18.0 Å². The number of hydrogen-bond donors (Lipinski definition) is 1. The van der Waals surface area contributed by atoms with Gasteiger partial charge >= 0.3 is 0 Å². The van der Waals surface area contributed by atoms with E-state index >= 15 is 0 Å². The van der Waals surface area contributed by atoms with Gasteiger partial charge in [-0.15, -0.1) is 0 Å². The Bertz CT molecular complexity index is 1070. The van der Waals surface area contributed by atoms with E-state index in [2.05, 4.69) is 10.4 Å². The Morgan fingerprint density at radius 2 is 2.00 bits per heavy atom. The second-order valence-corrected chi connectivity index (χ2v) is 8.38. The Balaban J connectivity index is 2.30. The van der Waals surface area contributed by atoms with Crippen LogP contribution in [0.15, 0.2) is 34.1 Å². The van der Waals surface area contributed by atoms with Crippen LogP contribution in [-0.2, 0) is 21.4 Å². The molecule has 0 spiro atoms. The largest absolute Gasteiger partial charge is 0.324 e. The van der Waals surface area contributed by atoms with Crippen molar-refractivity contribution >= 4 is 51.1 Å². The maximum Gasteiger partial charge on any atom is 0.287 e. The van der Waals surface area contributed by atoms with Crippen LogP contribution in [0.5, 0.6) is 0 Å². The molecule has 0 radical (unpaired) electrons. The first kappa shape index (κ1) is 21.0. The van der Waals surface area contributed by atoms with Crippen molar-refractivity contribution in [3.63, 3.8) is 0 Å². The highest BCUT2D eigenvalue weighted by Crippen LogP contribution is 2.22. The first-order chi connectivity index (χ1) is 12.6. The number of hydrogen-bond acceptors (Lipinski definition) is 6. The summed E-state index contributed by atoms with van der Waals surface area (Å²) in [5, 5.41) is 5.84. The van der Waals surface area contributed by atoms with Crippen LogP contribution in [0.2, 0.25) is 10.0 Å². The maximum atomic E-state index is 12.3. The second kappa shape index (κ2) is 8.17. The van der Waals surface area contributed by atoms with Gasteiger partial charge in [-0.2, -0.15) is 5.10 Å². The zero-order valence-electron chi connectivity index (χ0n) is 14.1. The Morgan fingerprint density at radius 3 is 2.59 bits per heavy atom. The molecule has 0 fully saturated rings. The van der Waals surface area contributed by atoms with Crippen molar-refractivity contribution in [1.29, 1.82) is 0 Å². The molecule has 144 valence electrons. The molecule has 1 aromatic carbocycles. The van der Waals surface area contributed by atoms with Gasteiger partial charge in [0.25, 0.3) is 5.56 Å². The number of rotatable bonds is 6. The first-order valence-corrected chi connectivity index (χ1v) is 9.50. The van der Waals surface area contributed by atoms with E-state index in [1.54, 1.807) is 0 Å². The highest BCUT2D eigenvalue weighted by molar-refractivity contribution is 7.89. The van der Waals surface area contributed by atoms with E-state index in [1.165, 1.54) is 26.2 Å². The molecule has 2 aromatic rings.